The summed E-state index contributed by atoms with van der Waals surface area (Å²) in [6.45, 7) is -0.131. The Bertz CT molecular complexity index is 971. The van der Waals surface area contributed by atoms with Gasteiger partial charge in [-0.05, 0) is 36.2 Å². The summed E-state index contributed by atoms with van der Waals surface area (Å²) < 4.78 is 5.31. The molecule has 4 N–H and O–H groups in total. The van der Waals surface area contributed by atoms with Gasteiger partial charge in [-0.15, -0.1) is 0 Å². The summed E-state index contributed by atoms with van der Waals surface area (Å²) in [6, 6.07) is 8.65. The van der Waals surface area contributed by atoms with E-state index in [-0.39, 0.29) is 30.2 Å². The van der Waals surface area contributed by atoms with Crippen LogP contribution in [-0.4, -0.2) is 34.6 Å². The first kappa shape index (κ1) is 16.9. The van der Waals surface area contributed by atoms with Crippen molar-refractivity contribution in [2.45, 2.75) is 12.5 Å². The van der Waals surface area contributed by atoms with Gasteiger partial charge in [-0.2, -0.15) is 0 Å². The highest BCUT2D eigenvalue weighted by atomic mass is 16.5. The minimum absolute atomic E-state index is 0.0217. The predicted octanol–water partition coefficient (Wildman–Crippen LogP) is 1.45. The van der Waals surface area contributed by atoms with Crippen LogP contribution in [0.25, 0.3) is 0 Å². The molecule has 27 heavy (non-hydrogen) atoms. The number of phenols is 1. The highest BCUT2D eigenvalue weighted by molar-refractivity contribution is 5.99. The van der Waals surface area contributed by atoms with Gasteiger partial charge in [0, 0.05) is 11.1 Å². The summed E-state index contributed by atoms with van der Waals surface area (Å²) in [7, 11) is 0. The number of anilines is 1. The second kappa shape index (κ2) is 6.31. The molecule has 0 spiro atoms. The lowest BCUT2D eigenvalue weighted by atomic mass is 10.00. The number of carboxylic acids is 1. The average molecular weight is 368 g/mol. The second-order valence-electron chi connectivity index (χ2n) is 6.49. The maximum absolute atomic E-state index is 12.7. The monoisotopic (exact) mass is 368 g/mol. The molecule has 0 radical (unpaired) electrons. The summed E-state index contributed by atoms with van der Waals surface area (Å²) >= 11 is 0. The summed E-state index contributed by atoms with van der Waals surface area (Å²) in [5.41, 5.74) is 1.88. The lowest BCUT2D eigenvalue weighted by Gasteiger charge is -2.21. The Morgan fingerprint density at radius 1 is 1.22 bits per heavy atom. The number of nitrogens with one attached hydrogen (secondary N) is 2. The smallest absolute Gasteiger partial charge is 0.309 e. The van der Waals surface area contributed by atoms with Crippen molar-refractivity contribution in [3.8, 4) is 11.5 Å². The Kier molecular flexibility index (Phi) is 3.95. The van der Waals surface area contributed by atoms with E-state index in [2.05, 4.69) is 10.6 Å². The van der Waals surface area contributed by atoms with Gasteiger partial charge in [-0.1, -0.05) is 12.1 Å². The Labute approximate surface area is 153 Å². The van der Waals surface area contributed by atoms with Gasteiger partial charge >= 0.3 is 5.97 Å². The molecular formula is C19H16N2O6. The number of phenolic OH excluding ortho intramolecular Hbond substituents is 1. The van der Waals surface area contributed by atoms with E-state index in [1.54, 1.807) is 18.2 Å². The summed E-state index contributed by atoms with van der Waals surface area (Å²) in [5, 5.41) is 24.9. The van der Waals surface area contributed by atoms with E-state index in [0.29, 0.717) is 22.6 Å². The number of hydrogen-bond acceptors (Lipinski definition) is 5. The molecule has 0 bridgehead atoms. The third kappa shape index (κ3) is 2.95. The van der Waals surface area contributed by atoms with Crippen LogP contribution in [0.3, 0.4) is 0 Å². The maximum Gasteiger partial charge on any atom is 0.309 e. The molecule has 0 saturated carbocycles. The molecule has 138 valence electrons. The molecule has 2 aromatic carbocycles. The topological polar surface area (TPSA) is 125 Å². The fraction of sp³-hybridized carbons (Fsp3) is 0.211. The summed E-state index contributed by atoms with van der Waals surface area (Å²) in [5.74, 6) is -2.26. The highest BCUT2D eigenvalue weighted by Crippen LogP contribution is 2.40. The number of amides is 2. The van der Waals surface area contributed by atoms with Gasteiger partial charge in [-0.25, -0.2) is 0 Å². The zero-order chi connectivity index (χ0) is 19.1. The zero-order valence-corrected chi connectivity index (χ0v) is 14.1. The lowest BCUT2D eigenvalue weighted by Crippen LogP contribution is -2.34. The van der Waals surface area contributed by atoms with Gasteiger partial charge in [0.25, 0.3) is 11.8 Å². The normalized spacial score (nSPS) is 20.1. The van der Waals surface area contributed by atoms with Crippen molar-refractivity contribution in [2.24, 2.45) is 5.92 Å². The fourth-order valence-corrected chi connectivity index (χ4v) is 3.51. The Hall–Kier alpha value is -3.55. The molecule has 1 aliphatic heterocycles. The number of aromatic hydroxyl groups is 1. The molecule has 0 fully saturated rings. The first-order valence-corrected chi connectivity index (χ1v) is 8.35. The van der Waals surface area contributed by atoms with E-state index in [4.69, 9.17) is 4.74 Å². The van der Waals surface area contributed by atoms with Crippen LogP contribution in [0.4, 0.5) is 5.69 Å². The van der Waals surface area contributed by atoms with Crippen molar-refractivity contribution in [1.82, 2.24) is 5.32 Å². The van der Waals surface area contributed by atoms with Crippen LogP contribution in [-0.2, 0) is 16.0 Å². The fourth-order valence-electron chi connectivity index (χ4n) is 3.51. The minimum atomic E-state index is -1.05. The van der Waals surface area contributed by atoms with Gasteiger partial charge in [0.05, 0.1) is 17.6 Å². The van der Waals surface area contributed by atoms with Gasteiger partial charge in [0.15, 0.2) is 6.61 Å². The Morgan fingerprint density at radius 3 is 2.81 bits per heavy atom. The number of carbonyl (C=O) groups excluding carboxylic acids is 2. The first-order valence-electron chi connectivity index (χ1n) is 8.35. The maximum atomic E-state index is 12.7. The predicted molar refractivity (Wildman–Crippen MR) is 93.7 cm³/mol. The van der Waals surface area contributed by atoms with E-state index in [1.165, 1.54) is 18.2 Å². The van der Waals surface area contributed by atoms with Crippen LogP contribution >= 0.6 is 0 Å². The molecule has 2 aromatic rings. The van der Waals surface area contributed by atoms with Crippen molar-refractivity contribution in [3.05, 3.63) is 53.1 Å². The van der Waals surface area contributed by atoms with Gasteiger partial charge in [0.2, 0.25) is 0 Å². The van der Waals surface area contributed by atoms with Crippen molar-refractivity contribution >= 4 is 23.5 Å². The highest BCUT2D eigenvalue weighted by Gasteiger charge is 2.39. The van der Waals surface area contributed by atoms with E-state index in [1.807, 2.05) is 0 Å². The minimum Gasteiger partial charge on any atom is -0.508 e. The second-order valence-corrected chi connectivity index (χ2v) is 6.49. The number of carboxylic acid groups (broad SMARTS) is 1. The molecule has 0 saturated heterocycles. The molecule has 2 atom stereocenters. The van der Waals surface area contributed by atoms with E-state index in [0.717, 1.165) is 0 Å². The van der Waals surface area contributed by atoms with Crippen LogP contribution in [0.1, 0.15) is 27.5 Å². The zero-order valence-electron chi connectivity index (χ0n) is 14.1. The Morgan fingerprint density at radius 2 is 2.04 bits per heavy atom. The largest absolute Gasteiger partial charge is 0.508 e. The van der Waals surface area contributed by atoms with Crippen molar-refractivity contribution in [2.75, 3.05) is 11.9 Å². The van der Waals surface area contributed by atoms with E-state index in [9.17, 15) is 24.6 Å². The molecule has 4 rings (SSSR count). The van der Waals surface area contributed by atoms with Crippen LogP contribution in [0, 0.1) is 5.92 Å². The molecule has 2 aliphatic rings. The molecule has 2 amide bonds. The third-order valence-corrected chi connectivity index (χ3v) is 4.83. The number of carbonyl (C=O) groups is 3. The van der Waals surface area contributed by atoms with Crippen molar-refractivity contribution in [1.29, 1.82) is 0 Å². The lowest BCUT2D eigenvalue weighted by molar-refractivity contribution is -0.142. The van der Waals surface area contributed by atoms with Crippen molar-refractivity contribution < 1.29 is 29.3 Å². The molecule has 8 heteroatoms. The third-order valence-electron chi connectivity index (χ3n) is 4.83. The number of aliphatic carboxylic acids is 1. The Balaban J connectivity index is 1.61. The van der Waals surface area contributed by atoms with Gasteiger partial charge < -0.3 is 25.6 Å². The van der Waals surface area contributed by atoms with Crippen LogP contribution < -0.4 is 15.4 Å². The first-order chi connectivity index (χ1) is 12.9. The van der Waals surface area contributed by atoms with Crippen LogP contribution in [0.2, 0.25) is 0 Å². The molecule has 0 aromatic heterocycles. The standard InChI is InChI=1S/C19H16N2O6/c22-14-3-1-2-10-11(14)7-12(19(25)26)17(10)21-18(24)9-4-5-13-15(6-9)27-8-16(23)20-13/h1-6,12,17,22H,7-8H2,(H,20,23)(H,21,24)(H,25,26)/t12-,17+/m1/s1. The number of hydrogen-bond donors (Lipinski definition) is 4. The summed E-state index contributed by atoms with van der Waals surface area (Å²) in [6.07, 6.45) is 0.140. The van der Waals surface area contributed by atoms with Crippen LogP contribution in [0.5, 0.6) is 11.5 Å². The number of ether oxygens (including phenoxy) is 1. The van der Waals surface area contributed by atoms with Crippen molar-refractivity contribution in [3.63, 3.8) is 0 Å². The molecule has 8 nitrogen and oxygen atoms in total. The number of fused-ring (bicyclic) bond motifs is 2. The average Bonchev–Trinajstić information content (AvgIpc) is 3.01. The molecule has 1 aliphatic carbocycles. The van der Waals surface area contributed by atoms with E-state index < -0.39 is 23.8 Å². The van der Waals surface area contributed by atoms with Crippen LogP contribution in [0.15, 0.2) is 36.4 Å². The van der Waals surface area contributed by atoms with Gasteiger partial charge in [-0.3, -0.25) is 14.4 Å². The molecule has 1 heterocycles. The van der Waals surface area contributed by atoms with Gasteiger partial charge in [0.1, 0.15) is 11.5 Å². The molecule has 0 unspecified atom stereocenters. The number of benzene rings is 2. The van der Waals surface area contributed by atoms with E-state index >= 15 is 0 Å². The SMILES string of the molecule is O=C1COc2cc(C(=O)N[C@H]3c4cccc(O)c4C[C@H]3C(=O)O)ccc2N1. The quantitative estimate of drug-likeness (QED) is 0.650. The summed E-state index contributed by atoms with van der Waals surface area (Å²) in [4.78, 5) is 35.7. The number of rotatable bonds is 3. The molecular weight excluding hydrogens is 352 g/mol.